The molecule has 7 nitrogen and oxygen atoms in total. The molecule has 0 amide bonds. The van der Waals surface area contributed by atoms with Crippen molar-refractivity contribution in [2.45, 2.75) is 12.4 Å². The number of halogens is 6. The van der Waals surface area contributed by atoms with Crippen LogP contribution in [0.2, 0.25) is 0 Å². The summed E-state index contributed by atoms with van der Waals surface area (Å²) in [4.78, 5) is 19.1. The van der Waals surface area contributed by atoms with E-state index in [0.717, 1.165) is 24.4 Å². The number of nitrogens with zero attached hydrogens (tertiary/aromatic N) is 5. The van der Waals surface area contributed by atoms with Crippen LogP contribution in [0.3, 0.4) is 0 Å². The van der Waals surface area contributed by atoms with E-state index in [-0.39, 0.29) is 29.1 Å². The summed E-state index contributed by atoms with van der Waals surface area (Å²) >= 11 is 1.31. The molecule has 2 N–H and O–H groups in total. The highest BCUT2D eigenvalue weighted by Gasteiger charge is 2.33. The molecule has 0 saturated heterocycles. The van der Waals surface area contributed by atoms with Gasteiger partial charge in [-0.2, -0.15) is 41.3 Å². The standard InChI is InChI=1S/C19H11F6N7S/c20-18(21,22)12-4-1-3-11(28-12)15-30-16(32-17(31-15)29-14-5-2-8-33-14)27-10-6-7-26-13(9-10)19(23,24)25/h1-9H,(H2,26,27,29,30,31,32). The van der Waals surface area contributed by atoms with E-state index in [0.29, 0.717) is 5.00 Å². The Bertz CT molecular complexity index is 1260. The summed E-state index contributed by atoms with van der Waals surface area (Å²) in [5.74, 6) is -0.477. The van der Waals surface area contributed by atoms with Crippen molar-refractivity contribution >= 4 is 33.9 Å². The lowest BCUT2D eigenvalue weighted by atomic mass is 10.3. The summed E-state index contributed by atoms with van der Waals surface area (Å²) in [6.45, 7) is 0. The third-order valence-corrected chi connectivity index (χ3v) is 4.75. The molecule has 33 heavy (non-hydrogen) atoms. The molecule has 0 aromatic carbocycles. The van der Waals surface area contributed by atoms with Crippen LogP contribution in [-0.2, 0) is 12.4 Å². The van der Waals surface area contributed by atoms with E-state index < -0.39 is 23.7 Å². The van der Waals surface area contributed by atoms with Crippen LogP contribution in [0.1, 0.15) is 11.4 Å². The Kier molecular flexibility index (Phi) is 5.84. The van der Waals surface area contributed by atoms with Crippen molar-refractivity contribution in [1.82, 2.24) is 24.9 Å². The molecule has 0 unspecified atom stereocenters. The molecule has 0 aliphatic rings. The minimum absolute atomic E-state index is 0.0337. The van der Waals surface area contributed by atoms with Crippen molar-refractivity contribution < 1.29 is 26.3 Å². The predicted molar refractivity (Wildman–Crippen MR) is 108 cm³/mol. The van der Waals surface area contributed by atoms with Crippen LogP contribution in [0.4, 0.5) is 48.9 Å². The SMILES string of the molecule is FC(F)(F)c1cc(Nc2nc(Nc3cccs3)nc(-c3cccc(C(F)(F)F)n3)n2)ccn1. The Morgan fingerprint density at radius 2 is 1.45 bits per heavy atom. The first-order valence-corrected chi connectivity index (χ1v) is 9.87. The van der Waals surface area contributed by atoms with Crippen molar-refractivity contribution in [3.05, 3.63) is 65.4 Å². The molecule has 0 radical (unpaired) electrons. The largest absolute Gasteiger partial charge is 0.433 e. The van der Waals surface area contributed by atoms with Crippen molar-refractivity contribution in [2.24, 2.45) is 0 Å². The molecule has 0 saturated carbocycles. The number of thiophene rings is 1. The molecule has 4 rings (SSSR count). The quantitative estimate of drug-likeness (QED) is 0.341. The van der Waals surface area contributed by atoms with Crippen LogP contribution < -0.4 is 10.6 Å². The zero-order chi connectivity index (χ0) is 23.6. The molecular weight excluding hydrogens is 472 g/mol. The monoisotopic (exact) mass is 483 g/mol. The van der Waals surface area contributed by atoms with Gasteiger partial charge in [0, 0.05) is 11.9 Å². The number of nitrogens with one attached hydrogen (secondary N) is 2. The molecule has 4 heterocycles. The summed E-state index contributed by atoms with van der Waals surface area (Å²) in [5, 5.41) is 7.87. The summed E-state index contributed by atoms with van der Waals surface area (Å²) in [7, 11) is 0. The maximum absolute atomic E-state index is 13.1. The number of aromatic nitrogens is 5. The van der Waals surface area contributed by atoms with E-state index in [1.165, 1.54) is 23.5 Å². The van der Waals surface area contributed by atoms with E-state index in [1.54, 1.807) is 17.5 Å². The fraction of sp³-hybridized carbons (Fsp3) is 0.105. The number of alkyl halides is 6. The van der Waals surface area contributed by atoms with E-state index in [4.69, 9.17) is 0 Å². The Balaban J connectivity index is 1.74. The minimum Gasteiger partial charge on any atom is -0.324 e. The molecule has 170 valence electrons. The lowest BCUT2D eigenvalue weighted by Gasteiger charge is -2.12. The first-order chi connectivity index (χ1) is 15.6. The van der Waals surface area contributed by atoms with Gasteiger partial charge in [0.25, 0.3) is 0 Å². The van der Waals surface area contributed by atoms with Crippen molar-refractivity contribution in [3.63, 3.8) is 0 Å². The smallest absolute Gasteiger partial charge is 0.324 e. The average Bonchev–Trinajstić information content (AvgIpc) is 3.26. The first-order valence-electron chi connectivity index (χ1n) is 8.99. The van der Waals surface area contributed by atoms with E-state index in [2.05, 4.69) is 35.6 Å². The molecule has 4 aromatic rings. The molecule has 14 heteroatoms. The number of anilines is 4. The van der Waals surface area contributed by atoms with Gasteiger partial charge in [0.2, 0.25) is 11.9 Å². The van der Waals surface area contributed by atoms with Gasteiger partial charge in [0.15, 0.2) is 5.82 Å². The van der Waals surface area contributed by atoms with Gasteiger partial charge < -0.3 is 10.6 Å². The van der Waals surface area contributed by atoms with Gasteiger partial charge in [-0.25, -0.2) is 4.98 Å². The summed E-state index contributed by atoms with van der Waals surface area (Å²) in [6, 6.07) is 8.68. The van der Waals surface area contributed by atoms with Gasteiger partial charge in [0.05, 0.1) is 5.00 Å². The van der Waals surface area contributed by atoms with Crippen LogP contribution in [0.25, 0.3) is 11.5 Å². The molecule has 0 fully saturated rings. The number of rotatable bonds is 5. The van der Waals surface area contributed by atoms with Gasteiger partial charge >= 0.3 is 12.4 Å². The first kappa shape index (κ1) is 22.4. The van der Waals surface area contributed by atoms with Crippen molar-refractivity contribution in [3.8, 4) is 11.5 Å². The maximum Gasteiger partial charge on any atom is 0.433 e. The van der Waals surface area contributed by atoms with Crippen LogP contribution in [0, 0.1) is 0 Å². The summed E-state index contributed by atoms with van der Waals surface area (Å²) < 4.78 is 78.1. The highest BCUT2D eigenvalue weighted by molar-refractivity contribution is 7.14. The lowest BCUT2D eigenvalue weighted by Crippen LogP contribution is -2.10. The topological polar surface area (TPSA) is 88.5 Å². The second-order valence-electron chi connectivity index (χ2n) is 6.37. The summed E-state index contributed by atoms with van der Waals surface area (Å²) in [6.07, 6.45) is -8.41. The van der Waals surface area contributed by atoms with Gasteiger partial charge in [-0.05, 0) is 41.8 Å². The maximum atomic E-state index is 13.1. The lowest BCUT2D eigenvalue weighted by molar-refractivity contribution is -0.141. The normalized spacial score (nSPS) is 11.9. The van der Waals surface area contributed by atoms with E-state index in [1.807, 2.05) is 0 Å². The fourth-order valence-corrected chi connectivity index (χ4v) is 3.18. The van der Waals surface area contributed by atoms with Gasteiger partial charge in [-0.15, -0.1) is 11.3 Å². The zero-order valence-corrected chi connectivity index (χ0v) is 16.9. The molecular formula is C19H11F6N7S. The number of hydrogen-bond donors (Lipinski definition) is 2. The number of pyridine rings is 2. The molecule has 0 aliphatic heterocycles. The second-order valence-corrected chi connectivity index (χ2v) is 7.31. The Labute approximate surface area is 185 Å². The van der Waals surface area contributed by atoms with E-state index >= 15 is 0 Å². The third-order valence-electron chi connectivity index (χ3n) is 3.97. The highest BCUT2D eigenvalue weighted by Crippen LogP contribution is 2.31. The summed E-state index contributed by atoms with van der Waals surface area (Å²) in [5.41, 5.74) is -2.52. The van der Waals surface area contributed by atoms with Gasteiger partial charge in [-0.3, -0.25) is 4.98 Å². The molecule has 4 aromatic heterocycles. The molecule has 0 aliphatic carbocycles. The van der Waals surface area contributed by atoms with Crippen LogP contribution >= 0.6 is 11.3 Å². The van der Waals surface area contributed by atoms with Crippen molar-refractivity contribution in [1.29, 1.82) is 0 Å². The Morgan fingerprint density at radius 1 is 0.727 bits per heavy atom. The number of hydrogen-bond acceptors (Lipinski definition) is 8. The minimum atomic E-state index is -4.69. The zero-order valence-electron chi connectivity index (χ0n) is 16.1. The van der Waals surface area contributed by atoms with Gasteiger partial charge in [-0.1, -0.05) is 6.07 Å². The Morgan fingerprint density at radius 3 is 2.12 bits per heavy atom. The van der Waals surface area contributed by atoms with E-state index in [9.17, 15) is 26.3 Å². The van der Waals surface area contributed by atoms with Crippen LogP contribution in [0.5, 0.6) is 0 Å². The van der Waals surface area contributed by atoms with Crippen molar-refractivity contribution in [2.75, 3.05) is 10.6 Å². The highest BCUT2D eigenvalue weighted by atomic mass is 32.1. The molecule has 0 atom stereocenters. The molecule has 0 spiro atoms. The fourth-order valence-electron chi connectivity index (χ4n) is 2.57. The average molecular weight is 483 g/mol. The molecule has 0 bridgehead atoms. The third kappa shape index (κ3) is 5.52. The second kappa shape index (κ2) is 8.61. The van der Waals surface area contributed by atoms with Gasteiger partial charge in [0.1, 0.15) is 17.1 Å². The van der Waals surface area contributed by atoms with Crippen LogP contribution in [-0.4, -0.2) is 24.9 Å². The van der Waals surface area contributed by atoms with Crippen LogP contribution in [0.15, 0.2) is 54.0 Å². The Hall–Kier alpha value is -3.81. The predicted octanol–water partition coefficient (Wildman–Crippen LogP) is 5.91.